The maximum Gasteiger partial charge on any atom is 0.0359 e. The highest BCUT2D eigenvalue weighted by atomic mass is 15.2. The maximum absolute atomic E-state index is 6.30. The molecular formula is C17H34N2. The maximum atomic E-state index is 6.30. The topological polar surface area (TPSA) is 29.3 Å². The highest BCUT2D eigenvalue weighted by molar-refractivity contribution is 5.01. The quantitative estimate of drug-likeness (QED) is 0.826. The first-order chi connectivity index (χ1) is 8.91. The summed E-state index contributed by atoms with van der Waals surface area (Å²) < 4.78 is 0. The summed E-state index contributed by atoms with van der Waals surface area (Å²) in [5.74, 6) is 1.57. The second-order valence-corrected chi connectivity index (χ2v) is 7.97. The number of nitrogens with two attached hydrogens (primary N) is 1. The lowest BCUT2D eigenvalue weighted by Gasteiger charge is -2.52. The molecule has 1 saturated carbocycles. The molecule has 2 heteroatoms. The predicted octanol–water partition coefficient (Wildman–Crippen LogP) is 3.65. The Morgan fingerprint density at radius 1 is 1.05 bits per heavy atom. The van der Waals surface area contributed by atoms with Gasteiger partial charge in [0.25, 0.3) is 0 Å². The van der Waals surface area contributed by atoms with Gasteiger partial charge in [-0.15, -0.1) is 0 Å². The summed E-state index contributed by atoms with van der Waals surface area (Å²) in [6.07, 6.45) is 8.11. The molecule has 0 aromatic heterocycles. The van der Waals surface area contributed by atoms with E-state index in [9.17, 15) is 0 Å². The molecule has 0 bridgehead atoms. The van der Waals surface area contributed by atoms with E-state index in [1.54, 1.807) is 0 Å². The average Bonchev–Trinajstić information content (AvgIpc) is 2.55. The molecule has 0 radical (unpaired) electrons. The first-order valence-electron chi connectivity index (χ1n) is 8.36. The van der Waals surface area contributed by atoms with E-state index in [0.29, 0.717) is 5.41 Å². The van der Waals surface area contributed by atoms with E-state index >= 15 is 0 Å². The fourth-order valence-corrected chi connectivity index (χ4v) is 4.47. The van der Waals surface area contributed by atoms with E-state index < -0.39 is 0 Å². The van der Waals surface area contributed by atoms with Crippen LogP contribution in [0.15, 0.2) is 0 Å². The molecule has 112 valence electrons. The zero-order valence-corrected chi connectivity index (χ0v) is 13.5. The third-order valence-electron chi connectivity index (χ3n) is 6.29. The lowest BCUT2D eigenvalue weighted by Crippen LogP contribution is -2.61. The lowest BCUT2D eigenvalue weighted by molar-refractivity contribution is -0.0102. The molecule has 1 saturated heterocycles. The van der Waals surface area contributed by atoms with E-state index in [0.717, 1.165) is 18.4 Å². The van der Waals surface area contributed by atoms with E-state index in [-0.39, 0.29) is 5.54 Å². The molecule has 19 heavy (non-hydrogen) atoms. The van der Waals surface area contributed by atoms with Crippen LogP contribution in [0, 0.1) is 17.3 Å². The summed E-state index contributed by atoms with van der Waals surface area (Å²) in [7, 11) is 0. The van der Waals surface area contributed by atoms with Gasteiger partial charge in [-0.25, -0.2) is 0 Å². The van der Waals surface area contributed by atoms with Gasteiger partial charge in [0.05, 0.1) is 0 Å². The van der Waals surface area contributed by atoms with Crippen LogP contribution in [-0.4, -0.2) is 30.1 Å². The summed E-state index contributed by atoms with van der Waals surface area (Å²) in [6, 6.07) is 0. The number of likely N-dealkylation sites (tertiary alicyclic amines) is 1. The molecule has 0 amide bonds. The van der Waals surface area contributed by atoms with Gasteiger partial charge in [-0.3, -0.25) is 4.90 Å². The Labute approximate surface area is 120 Å². The van der Waals surface area contributed by atoms with Crippen LogP contribution in [-0.2, 0) is 0 Å². The predicted molar refractivity (Wildman–Crippen MR) is 83.2 cm³/mol. The molecule has 2 nitrogen and oxygen atoms in total. The number of hydrogen-bond acceptors (Lipinski definition) is 2. The van der Waals surface area contributed by atoms with Crippen molar-refractivity contribution >= 4 is 0 Å². The van der Waals surface area contributed by atoms with Gasteiger partial charge in [-0.05, 0) is 56.0 Å². The molecule has 3 unspecified atom stereocenters. The van der Waals surface area contributed by atoms with Crippen molar-refractivity contribution in [1.29, 1.82) is 0 Å². The largest absolute Gasteiger partial charge is 0.329 e. The summed E-state index contributed by atoms with van der Waals surface area (Å²) >= 11 is 0. The Bertz CT molecular complexity index is 300. The van der Waals surface area contributed by atoms with Crippen LogP contribution in [0.1, 0.15) is 66.2 Å². The second kappa shape index (κ2) is 5.73. The van der Waals surface area contributed by atoms with Gasteiger partial charge in [-0.2, -0.15) is 0 Å². The molecule has 1 heterocycles. The van der Waals surface area contributed by atoms with Crippen LogP contribution in [0.5, 0.6) is 0 Å². The van der Waals surface area contributed by atoms with Gasteiger partial charge in [-0.1, -0.05) is 40.5 Å². The minimum absolute atomic E-state index is 0.290. The highest BCUT2D eigenvalue weighted by Gasteiger charge is 2.45. The van der Waals surface area contributed by atoms with Gasteiger partial charge < -0.3 is 5.73 Å². The number of hydrogen-bond donors (Lipinski definition) is 1. The fourth-order valence-electron chi connectivity index (χ4n) is 4.47. The standard InChI is InChI=1S/C17H34N2/c1-14-7-5-9-17(13-18,15(14)2)19-11-6-8-16(3,4)10-12-19/h14-15H,5-13,18H2,1-4H3. The van der Waals surface area contributed by atoms with E-state index in [4.69, 9.17) is 5.73 Å². The molecule has 3 atom stereocenters. The van der Waals surface area contributed by atoms with E-state index in [1.165, 1.54) is 51.6 Å². The summed E-state index contributed by atoms with van der Waals surface area (Å²) in [5.41, 5.74) is 7.11. The normalized spacial score (nSPS) is 40.9. The van der Waals surface area contributed by atoms with Crippen LogP contribution >= 0.6 is 0 Å². The molecule has 2 N–H and O–H groups in total. The van der Waals surface area contributed by atoms with Crippen molar-refractivity contribution in [3.05, 3.63) is 0 Å². The molecule has 2 fully saturated rings. The smallest absolute Gasteiger partial charge is 0.0359 e. The van der Waals surface area contributed by atoms with Crippen molar-refractivity contribution in [2.24, 2.45) is 23.0 Å². The minimum Gasteiger partial charge on any atom is -0.329 e. The molecular weight excluding hydrogens is 232 g/mol. The molecule has 0 aromatic carbocycles. The zero-order valence-electron chi connectivity index (χ0n) is 13.5. The molecule has 2 rings (SSSR count). The average molecular weight is 266 g/mol. The molecule has 1 aliphatic carbocycles. The third-order valence-corrected chi connectivity index (χ3v) is 6.29. The van der Waals surface area contributed by atoms with Crippen molar-refractivity contribution in [3.8, 4) is 0 Å². The molecule has 0 spiro atoms. The van der Waals surface area contributed by atoms with Gasteiger partial charge in [0.2, 0.25) is 0 Å². The van der Waals surface area contributed by atoms with Crippen LogP contribution in [0.4, 0.5) is 0 Å². The number of nitrogens with zero attached hydrogens (tertiary/aromatic N) is 1. The SMILES string of the molecule is CC1CCCC(CN)(N2CCCC(C)(C)CC2)C1C. The van der Waals surface area contributed by atoms with Crippen molar-refractivity contribution in [3.63, 3.8) is 0 Å². The van der Waals surface area contributed by atoms with Gasteiger partial charge in [0, 0.05) is 12.1 Å². The third kappa shape index (κ3) is 3.00. The van der Waals surface area contributed by atoms with Crippen LogP contribution in [0.25, 0.3) is 0 Å². The second-order valence-electron chi connectivity index (χ2n) is 7.97. The Morgan fingerprint density at radius 3 is 2.47 bits per heavy atom. The minimum atomic E-state index is 0.290. The Balaban J connectivity index is 2.16. The van der Waals surface area contributed by atoms with E-state index in [2.05, 4.69) is 32.6 Å². The van der Waals surface area contributed by atoms with Crippen molar-refractivity contribution in [1.82, 2.24) is 4.90 Å². The summed E-state index contributed by atoms with van der Waals surface area (Å²) in [5, 5.41) is 0. The molecule has 2 aliphatic rings. The van der Waals surface area contributed by atoms with Crippen molar-refractivity contribution < 1.29 is 0 Å². The number of rotatable bonds is 2. The Morgan fingerprint density at radius 2 is 1.79 bits per heavy atom. The van der Waals surface area contributed by atoms with Crippen LogP contribution < -0.4 is 5.73 Å². The monoisotopic (exact) mass is 266 g/mol. The van der Waals surface area contributed by atoms with E-state index in [1.807, 2.05) is 0 Å². The Kier molecular flexibility index (Phi) is 4.62. The first-order valence-corrected chi connectivity index (χ1v) is 8.36. The van der Waals surface area contributed by atoms with Crippen LogP contribution in [0.2, 0.25) is 0 Å². The van der Waals surface area contributed by atoms with Gasteiger partial charge >= 0.3 is 0 Å². The lowest BCUT2D eigenvalue weighted by atomic mass is 9.67. The zero-order chi connectivity index (χ0) is 14.1. The van der Waals surface area contributed by atoms with Gasteiger partial charge in [0.15, 0.2) is 0 Å². The highest BCUT2D eigenvalue weighted by Crippen LogP contribution is 2.43. The van der Waals surface area contributed by atoms with Gasteiger partial charge in [0.1, 0.15) is 0 Å². The van der Waals surface area contributed by atoms with Crippen molar-refractivity contribution in [2.45, 2.75) is 71.8 Å². The summed E-state index contributed by atoms with van der Waals surface area (Å²) in [6.45, 7) is 13.1. The summed E-state index contributed by atoms with van der Waals surface area (Å²) in [4.78, 5) is 2.78. The first kappa shape index (κ1) is 15.3. The molecule has 1 aliphatic heterocycles. The Hall–Kier alpha value is -0.0800. The fraction of sp³-hybridized carbons (Fsp3) is 1.00. The van der Waals surface area contributed by atoms with Crippen LogP contribution in [0.3, 0.4) is 0 Å². The molecule has 0 aromatic rings. The van der Waals surface area contributed by atoms with Crippen molar-refractivity contribution in [2.75, 3.05) is 19.6 Å².